The molecule has 2 aromatic carbocycles. The summed E-state index contributed by atoms with van der Waals surface area (Å²) in [5, 5.41) is 3.42. The molecule has 1 aliphatic rings. The van der Waals surface area contributed by atoms with Crippen LogP contribution in [0.25, 0.3) is 11.4 Å². The Morgan fingerprint density at radius 2 is 2.07 bits per heavy atom. The van der Waals surface area contributed by atoms with Crippen LogP contribution in [-0.2, 0) is 4.74 Å². The van der Waals surface area contributed by atoms with Crippen molar-refractivity contribution in [3.05, 3.63) is 71.4 Å². The molecule has 0 bridgehead atoms. The molecule has 3 aromatic rings. The Morgan fingerprint density at radius 1 is 1.21 bits per heavy atom. The minimum absolute atomic E-state index is 0.0424. The number of amides is 1. The van der Waals surface area contributed by atoms with Crippen molar-refractivity contribution in [3.63, 3.8) is 0 Å². The van der Waals surface area contributed by atoms with Gasteiger partial charge in [0.25, 0.3) is 5.91 Å². The van der Waals surface area contributed by atoms with E-state index in [2.05, 4.69) is 15.3 Å². The van der Waals surface area contributed by atoms with Crippen LogP contribution >= 0.6 is 11.6 Å². The normalized spacial score (nSPS) is 15.8. The summed E-state index contributed by atoms with van der Waals surface area (Å²) in [6, 6.07) is 16.5. The van der Waals surface area contributed by atoms with E-state index < -0.39 is 0 Å². The number of benzene rings is 2. The second-order valence-corrected chi connectivity index (χ2v) is 7.12. The lowest BCUT2D eigenvalue weighted by molar-refractivity contribution is 0.0855. The first kappa shape index (κ1) is 19.4. The minimum Gasteiger partial charge on any atom is -0.438 e. The number of nitrogens with one attached hydrogen (secondary N) is 1. The van der Waals surface area contributed by atoms with E-state index in [-0.39, 0.29) is 23.5 Å². The van der Waals surface area contributed by atoms with Crippen LogP contribution in [0.3, 0.4) is 0 Å². The Morgan fingerprint density at radius 3 is 2.83 bits per heavy atom. The molecule has 1 saturated heterocycles. The van der Waals surface area contributed by atoms with E-state index in [4.69, 9.17) is 21.1 Å². The van der Waals surface area contributed by atoms with Crippen LogP contribution in [0, 0.1) is 0 Å². The van der Waals surface area contributed by atoms with Crippen LogP contribution in [0.15, 0.2) is 60.8 Å². The van der Waals surface area contributed by atoms with Crippen LogP contribution in [0.1, 0.15) is 23.2 Å². The maximum atomic E-state index is 12.8. The lowest BCUT2D eigenvalue weighted by Crippen LogP contribution is -2.32. The van der Waals surface area contributed by atoms with Crippen molar-refractivity contribution >= 4 is 17.5 Å². The molecular weight excluding hydrogens is 390 g/mol. The molecular formula is C22H20ClN3O3. The van der Waals surface area contributed by atoms with Gasteiger partial charge in [0.1, 0.15) is 11.3 Å². The summed E-state index contributed by atoms with van der Waals surface area (Å²) < 4.78 is 11.5. The fraction of sp³-hybridized carbons (Fsp3) is 0.227. The number of halogens is 1. The third-order valence-electron chi connectivity index (χ3n) is 4.56. The number of rotatable bonds is 6. The van der Waals surface area contributed by atoms with Crippen LogP contribution < -0.4 is 10.1 Å². The maximum absolute atomic E-state index is 12.8. The molecule has 1 unspecified atom stereocenters. The van der Waals surface area contributed by atoms with Gasteiger partial charge in [0.2, 0.25) is 5.88 Å². The number of carbonyl (C=O) groups is 1. The summed E-state index contributed by atoms with van der Waals surface area (Å²) in [5.41, 5.74) is 1.08. The van der Waals surface area contributed by atoms with Crippen LogP contribution in [-0.4, -0.2) is 35.1 Å². The van der Waals surface area contributed by atoms with Crippen LogP contribution in [0.4, 0.5) is 0 Å². The molecule has 1 N–H and O–H groups in total. The fourth-order valence-electron chi connectivity index (χ4n) is 3.08. The second kappa shape index (κ2) is 9.03. The molecule has 1 atom stereocenters. The lowest BCUT2D eigenvalue weighted by Gasteiger charge is -2.14. The zero-order valence-corrected chi connectivity index (χ0v) is 16.4. The van der Waals surface area contributed by atoms with Gasteiger partial charge in [-0.05, 0) is 31.0 Å². The predicted molar refractivity (Wildman–Crippen MR) is 110 cm³/mol. The summed E-state index contributed by atoms with van der Waals surface area (Å²) in [7, 11) is 0. The monoisotopic (exact) mass is 409 g/mol. The predicted octanol–water partition coefficient (Wildman–Crippen LogP) is 4.50. The Bertz CT molecular complexity index is 992. The number of hydrogen-bond acceptors (Lipinski definition) is 5. The zero-order chi connectivity index (χ0) is 20.1. The molecule has 7 heteroatoms. The fourth-order valence-corrected chi connectivity index (χ4v) is 3.26. The molecule has 1 amide bonds. The average molecular weight is 410 g/mol. The van der Waals surface area contributed by atoms with Gasteiger partial charge in [-0.1, -0.05) is 48.0 Å². The van der Waals surface area contributed by atoms with E-state index in [1.807, 2.05) is 30.3 Å². The maximum Gasteiger partial charge on any atom is 0.258 e. The summed E-state index contributed by atoms with van der Waals surface area (Å²) in [6.45, 7) is 1.18. The molecule has 0 radical (unpaired) electrons. The first-order chi connectivity index (χ1) is 14.2. The first-order valence-corrected chi connectivity index (χ1v) is 9.82. The van der Waals surface area contributed by atoms with Gasteiger partial charge < -0.3 is 14.8 Å². The molecule has 2 heterocycles. The van der Waals surface area contributed by atoms with E-state index in [1.165, 1.54) is 6.20 Å². The number of ether oxygens (including phenoxy) is 2. The van der Waals surface area contributed by atoms with Crippen molar-refractivity contribution in [2.24, 2.45) is 0 Å². The Labute approximate surface area is 173 Å². The highest BCUT2D eigenvalue weighted by molar-refractivity contribution is 6.30. The molecule has 4 rings (SSSR count). The molecule has 0 saturated carbocycles. The molecule has 1 fully saturated rings. The minimum atomic E-state index is -0.308. The molecule has 29 heavy (non-hydrogen) atoms. The summed E-state index contributed by atoms with van der Waals surface area (Å²) in [6.07, 6.45) is 3.48. The first-order valence-electron chi connectivity index (χ1n) is 9.45. The largest absolute Gasteiger partial charge is 0.438 e. The van der Waals surface area contributed by atoms with E-state index in [0.29, 0.717) is 23.1 Å². The van der Waals surface area contributed by atoms with Gasteiger partial charge in [0.15, 0.2) is 5.82 Å². The third kappa shape index (κ3) is 4.91. The summed E-state index contributed by atoms with van der Waals surface area (Å²) >= 11 is 6.06. The number of hydrogen-bond donors (Lipinski definition) is 1. The molecule has 1 aliphatic heterocycles. The molecule has 0 spiro atoms. The summed E-state index contributed by atoms with van der Waals surface area (Å²) in [4.78, 5) is 21.6. The molecule has 148 valence electrons. The molecule has 1 aromatic heterocycles. The van der Waals surface area contributed by atoms with Gasteiger partial charge >= 0.3 is 0 Å². The van der Waals surface area contributed by atoms with Crippen LogP contribution in [0.5, 0.6) is 11.6 Å². The van der Waals surface area contributed by atoms with Crippen LogP contribution in [0.2, 0.25) is 5.02 Å². The molecule has 6 nitrogen and oxygen atoms in total. The van der Waals surface area contributed by atoms with Crippen molar-refractivity contribution in [1.29, 1.82) is 0 Å². The quantitative estimate of drug-likeness (QED) is 0.649. The van der Waals surface area contributed by atoms with Gasteiger partial charge in [-0.2, -0.15) is 4.98 Å². The lowest BCUT2D eigenvalue weighted by atomic mass is 10.2. The van der Waals surface area contributed by atoms with E-state index in [1.54, 1.807) is 24.3 Å². The smallest absolute Gasteiger partial charge is 0.258 e. The Hall–Kier alpha value is -2.96. The van der Waals surface area contributed by atoms with E-state index >= 15 is 0 Å². The number of aromatic nitrogens is 2. The number of nitrogens with zero attached hydrogens (tertiary/aromatic N) is 2. The highest BCUT2D eigenvalue weighted by Gasteiger charge is 2.21. The van der Waals surface area contributed by atoms with E-state index in [9.17, 15) is 4.79 Å². The van der Waals surface area contributed by atoms with Crippen molar-refractivity contribution < 1.29 is 14.3 Å². The highest BCUT2D eigenvalue weighted by Crippen LogP contribution is 2.27. The highest BCUT2D eigenvalue weighted by atomic mass is 35.5. The van der Waals surface area contributed by atoms with Gasteiger partial charge in [-0.25, -0.2) is 4.98 Å². The number of carbonyl (C=O) groups excluding carboxylic acids is 1. The summed E-state index contributed by atoms with van der Waals surface area (Å²) in [5.74, 6) is 0.824. The van der Waals surface area contributed by atoms with Crippen molar-refractivity contribution in [2.75, 3.05) is 13.2 Å². The van der Waals surface area contributed by atoms with Gasteiger partial charge in [0.05, 0.1) is 6.10 Å². The zero-order valence-electron chi connectivity index (χ0n) is 15.7. The SMILES string of the molecule is O=C(NCC1CCCO1)c1cnc(-c2ccccc2)nc1Oc1cccc(Cl)c1. The Kier molecular flexibility index (Phi) is 6.03. The third-order valence-corrected chi connectivity index (χ3v) is 4.79. The van der Waals surface area contributed by atoms with Crippen molar-refractivity contribution in [1.82, 2.24) is 15.3 Å². The Balaban J connectivity index is 1.62. The van der Waals surface area contributed by atoms with Gasteiger partial charge in [-0.3, -0.25) is 4.79 Å². The van der Waals surface area contributed by atoms with Gasteiger partial charge in [0, 0.05) is 29.9 Å². The second-order valence-electron chi connectivity index (χ2n) is 6.68. The van der Waals surface area contributed by atoms with Crippen molar-refractivity contribution in [2.45, 2.75) is 18.9 Å². The average Bonchev–Trinajstić information content (AvgIpc) is 3.26. The van der Waals surface area contributed by atoms with E-state index in [0.717, 1.165) is 25.0 Å². The van der Waals surface area contributed by atoms with Gasteiger partial charge in [-0.15, -0.1) is 0 Å². The standard InChI is InChI=1S/C22H20ClN3O3/c23-16-8-4-9-17(12-16)29-22-19(21(27)25-13-18-10-5-11-28-18)14-24-20(26-22)15-6-2-1-3-7-15/h1-4,6-9,12,14,18H,5,10-11,13H2,(H,25,27). The molecule has 0 aliphatic carbocycles. The van der Waals surface area contributed by atoms with Crippen molar-refractivity contribution in [3.8, 4) is 23.0 Å². The topological polar surface area (TPSA) is 73.3 Å².